The van der Waals surface area contributed by atoms with Crippen molar-refractivity contribution in [2.24, 2.45) is 5.92 Å². The molecule has 0 fully saturated rings. The van der Waals surface area contributed by atoms with E-state index in [-0.39, 0.29) is 5.75 Å². The van der Waals surface area contributed by atoms with Crippen molar-refractivity contribution in [1.82, 2.24) is 0 Å². The Balaban J connectivity index is 2.34. The number of hydrogen-bond donors (Lipinski definition) is 1. The highest BCUT2D eigenvalue weighted by molar-refractivity contribution is 5.66. The van der Waals surface area contributed by atoms with Crippen molar-refractivity contribution in [2.45, 2.75) is 26.4 Å². The van der Waals surface area contributed by atoms with Crippen LogP contribution >= 0.6 is 0 Å². The molecule has 2 aromatic rings. The van der Waals surface area contributed by atoms with E-state index in [0.29, 0.717) is 11.5 Å². The molecular formula is C17H17F3O. The SMILES string of the molecule is CC(C)Cc1cc(-c2ccc(C(F)(F)F)cc2)ccc1O. The summed E-state index contributed by atoms with van der Waals surface area (Å²) in [7, 11) is 0. The Morgan fingerprint density at radius 3 is 2.05 bits per heavy atom. The van der Waals surface area contributed by atoms with Crippen LogP contribution in [-0.2, 0) is 12.6 Å². The maximum Gasteiger partial charge on any atom is 0.416 e. The minimum atomic E-state index is -4.32. The van der Waals surface area contributed by atoms with Crippen LogP contribution in [0.1, 0.15) is 25.0 Å². The molecule has 2 rings (SSSR count). The van der Waals surface area contributed by atoms with Crippen LogP contribution in [-0.4, -0.2) is 5.11 Å². The second-order valence-electron chi connectivity index (χ2n) is 5.52. The molecule has 1 N–H and O–H groups in total. The summed E-state index contributed by atoms with van der Waals surface area (Å²) in [4.78, 5) is 0. The van der Waals surface area contributed by atoms with Crippen LogP contribution in [0.3, 0.4) is 0 Å². The Kier molecular flexibility index (Phi) is 4.26. The zero-order valence-corrected chi connectivity index (χ0v) is 11.9. The van der Waals surface area contributed by atoms with Gasteiger partial charge in [0.25, 0.3) is 0 Å². The minimum Gasteiger partial charge on any atom is -0.508 e. The van der Waals surface area contributed by atoms with Crippen LogP contribution in [0.2, 0.25) is 0 Å². The van der Waals surface area contributed by atoms with Gasteiger partial charge in [-0.1, -0.05) is 32.0 Å². The van der Waals surface area contributed by atoms with Crippen LogP contribution in [0.4, 0.5) is 13.2 Å². The second kappa shape index (κ2) is 5.80. The number of phenols is 1. The molecule has 0 spiro atoms. The summed E-state index contributed by atoms with van der Waals surface area (Å²) >= 11 is 0. The average molecular weight is 294 g/mol. The minimum absolute atomic E-state index is 0.222. The Morgan fingerprint density at radius 2 is 1.52 bits per heavy atom. The number of rotatable bonds is 3. The fraction of sp³-hybridized carbons (Fsp3) is 0.294. The molecule has 0 unspecified atom stereocenters. The van der Waals surface area contributed by atoms with Gasteiger partial charge in [-0.2, -0.15) is 13.2 Å². The highest BCUT2D eigenvalue weighted by atomic mass is 19.4. The monoisotopic (exact) mass is 294 g/mol. The Bertz CT molecular complexity index is 613. The first-order chi connectivity index (χ1) is 9.77. The van der Waals surface area contributed by atoms with E-state index < -0.39 is 11.7 Å². The molecule has 4 heteroatoms. The van der Waals surface area contributed by atoms with Crippen molar-refractivity contribution in [3.8, 4) is 16.9 Å². The number of alkyl halides is 3. The lowest BCUT2D eigenvalue weighted by Gasteiger charge is -2.11. The molecule has 21 heavy (non-hydrogen) atoms. The molecule has 0 atom stereocenters. The summed E-state index contributed by atoms with van der Waals surface area (Å²) in [5.41, 5.74) is 1.65. The topological polar surface area (TPSA) is 20.2 Å². The van der Waals surface area contributed by atoms with Gasteiger partial charge in [-0.05, 0) is 53.3 Å². The van der Waals surface area contributed by atoms with E-state index in [1.165, 1.54) is 12.1 Å². The molecule has 0 aliphatic rings. The quantitative estimate of drug-likeness (QED) is 0.817. The third-order valence-corrected chi connectivity index (χ3v) is 3.25. The number of benzene rings is 2. The molecule has 0 aromatic heterocycles. The summed E-state index contributed by atoms with van der Waals surface area (Å²) in [6, 6.07) is 10.2. The van der Waals surface area contributed by atoms with Crippen molar-refractivity contribution in [3.05, 3.63) is 53.6 Å². The molecule has 0 amide bonds. The molecule has 0 saturated carbocycles. The van der Waals surface area contributed by atoms with E-state index in [4.69, 9.17) is 0 Å². The van der Waals surface area contributed by atoms with Gasteiger partial charge in [-0.25, -0.2) is 0 Å². The van der Waals surface area contributed by atoms with Crippen molar-refractivity contribution in [1.29, 1.82) is 0 Å². The molecule has 0 heterocycles. The molecule has 2 aromatic carbocycles. The molecule has 1 nitrogen and oxygen atoms in total. The Labute approximate surface area is 122 Å². The van der Waals surface area contributed by atoms with Gasteiger partial charge in [0.1, 0.15) is 5.75 Å². The summed E-state index contributed by atoms with van der Waals surface area (Å²) in [5, 5.41) is 9.83. The van der Waals surface area contributed by atoms with Gasteiger partial charge in [-0.3, -0.25) is 0 Å². The Hall–Kier alpha value is -1.97. The van der Waals surface area contributed by atoms with Crippen molar-refractivity contribution in [2.75, 3.05) is 0 Å². The average Bonchev–Trinajstić information content (AvgIpc) is 2.40. The lowest BCUT2D eigenvalue weighted by Crippen LogP contribution is -2.04. The maximum atomic E-state index is 12.5. The van der Waals surface area contributed by atoms with Gasteiger partial charge < -0.3 is 5.11 Å². The molecule has 0 bridgehead atoms. The number of halogens is 3. The smallest absolute Gasteiger partial charge is 0.416 e. The van der Waals surface area contributed by atoms with Crippen LogP contribution in [0.5, 0.6) is 5.75 Å². The van der Waals surface area contributed by atoms with Gasteiger partial charge >= 0.3 is 6.18 Å². The van der Waals surface area contributed by atoms with E-state index in [0.717, 1.165) is 29.7 Å². The van der Waals surface area contributed by atoms with Gasteiger partial charge in [-0.15, -0.1) is 0 Å². The molecule has 0 aliphatic carbocycles. The van der Waals surface area contributed by atoms with E-state index in [1.807, 2.05) is 19.9 Å². The first-order valence-corrected chi connectivity index (χ1v) is 6.77. The molecule has 0 radical (unpaired) electrons. The third kappa shape index (κ3) is 3.78. The lowest BCUT2D eigenvalue weighted by atomic mass is 9.96. The van der Waals surface area contributed by atoms with Gasteiger partial charge in [0, 0.05) is 0 Å². The van der Waals surface area contributed by atoms with Gasteiger partial charge in [0.15, 0.2) is 0 Å². The van der Waals surface area contributed by atoms with E-state index in [1.54, 1.807) is 12.1 Å². The second-order valence-corrected chi connectivity index (χ2v) is 5.52. The third-order valence-electron chi connectivity index (χ3n) is 3.25. The Morgan fingerprint density at radius 1 is 0.952 bits per heavy atom. The predicted octanol–water partition coefficient (Wildman–Crippen LogP) is 5.28. The summed E-state index contributed by atoms with van der Waals surface area (Å²) in [6.45, 7) is 4.09. The first kappa shape index (κ1) is 15.4. The van der Waals surface area contributed by atoms with Crippen LogP contribution in [0, 0.1) is 5.92 Å². The number of aromatic hydroxyl groups is 1. The van der Waals surface area contributed by atoms with Crippen molar-refractivity contribution < 1.29 is 18.3 Å². The molecule has 112 valence electrons. The normalized spacial score (nSPS) is 11.9. The fourth-order valence-corrected chi connectivity index (χ4v) is 2.22. The van der Waals surface area contributed by atoms with Gasteiger partial charge in [0.05, 0.1) is 5.56 Å². The van der Waals surface area contributed by atoms with E-state index in [9.17, 15) is 18.3 Å². The molecule has 0 saturated heterocycles. The summed E-state index contributed by atoms with van der Waals surface area (Å²) in [5.74, 6) is 0.609. The van der Waals surface area contributed by atoms with Gasteiger partial charge in [0.2, 0.25) is 0 Å². The molecule has 0 aliphatic heterocycles. The van der Waals surface area contributed by atoms with Crippen molar-refractivity contribution >= 4 is 0 Å². The standard InChI is InChI=1S/C17H17F3O/c1-11(2)9-14-10-13(5-8-16(14)21)12-3-6-15(7-4-12)17(18,19)20/h3-8,10-11,21H,9H2,1-2H3. The summed E-state index contributed by atoms with van der Waals surface area (Å²) in [6.07, 6.45) is -3.60. The number of hydrogen-bond acceptors (Lipinski definition) is 1. The number of phenolic OH excluding ortho intramolecular Hbond substituents is 1. The maximum absolute atomic E-state index is 12.5. The van der Waals surface area contributed by atoms with E-state index >= 15 is 0 Å². The lowest BCUT2D eigenvalue weighted by molar-refractivity contribution is -0.137. The fourth-order valence-electron chi connectivity index (χ4n) is 2.22. The largest absolute Gasteiger partial charge is 0.508 e. The zero-order chi connectivity index (χ0) is 15.6. The predicted molar refractivity (Wildman–Crippen MR) is 77.1 cm³/mol. The van der Waals surface area contributed by atoms with E-state index in [2.05, 4.69) is 0 Å². The highest BCUT2D eigenvalue weighted by Gasteiger charge is 2.29. The van der Waals surface area contributed by atoms with Crippen molar-refractivity contribution in [3.63, 3.8) is 0 Å². The molecular weight excluding hydrogens is 277 g/mol. The van der Waals surface area contributed by atoms with Crippen LogP contribution in [0.25, 0.3) is 11.1 Å². The van der Waals surface area contributed by atoms with Crippen LogP contribution < -0.4 is 0 Å². The highest BCUT2D eigenvalue weighted by Crippen LogP contribution is 2.32. The first-order valence-electron chi connectivity index (χ1n) is 6.77. The van der Waals surface area contributed by atoms with Crippen LogP contribution in [0.15, 0.2) is 42.5 Å². The summed E-state index contributed by atoms with van der Waals surface area (Å²) < 4.78 is 37.6. The zero-order valence-electron chi connectivity index (χ0n) is 11.9.